The molecule has 6 heteroatoms. The van der Waals surface area contributed by atoms with Crippen molar-refractivity contribution in [3.05, 3.63) is 92.2 Å². The van der Waals surface area contributed by atoms with E-state index < -0.39 is 0 Å². The first-order valence-electron chi connectivity index (χ1n) is 13.6. The van der Waals surface area contributed by atoms with Crippen LogP contribution < -0.4 is 9.47 Å². The summed E-state index contributed by atoms with van der Waals surface area (Å²) in [5, 5.41) is 2.34. The first kappa shape index (κ1) is 25.9. The fourth-order valence-corrected chi connectivity index (χ4v) is 7.09. The van der Waals surface area contributed by atoms with Gasteiger partial charge in [0.25, 0.3) is 0 Å². The molecule has 0 unspecified atom stereocenters. The van der Waals surface area contributed by atoms with Gasteiger partial charge in [0.15, 0.2) is 23.1 Å². The standard InChI is InChI=1S/C33H32BrNO4/c1-19-14-15-20-8-4-5-9-22(20)23(19)18-39-33-24(34)16-21(17-29(33)38-3)30-31-25(10-6-12-27(31)36)35(2)26-11-7-13-28(37)32(26)30/h4-5,8-9,14-17,30H,6-7,10-13,18H2,1-3H3. The van der Waals surface area contributed by atoms with E-state index in [-0.39, 0.29) is 17.5 Å². The van der Waals surface area contributed by atoms with Gasteiger partial charge in [0, 0.05) is 53.9 Å². The van der Waals surface area contributed by atoms with Gasteiger partial charge in [0.1, 0.15) is 6.61 Å². The third-order valence-corrected chi connectivity index (χ3v) is 9.05. The molecule has 6 rings (SSSR count). The number of benzene rings is 3. The topological polar surface area (TPSA) is 55.8 Å². The number of ether oxygens (including phenoxy) is 2. The molecule has 2 aliphatic carbocycles. The molecule has 0 radical (unpaired) electrons. The van der Waals surface area contributed by atoms with Crippen molar-refractivity contribution in [2.24, 2.45) is 0 Å². The predicted octanol–water partition coefficient (Wildman–Crippen LogP) is 7.54. The largest absolute Gasteiger partial charge is 0.493 e. The monoisotopic (exact) mass is 585 g/mol. The molecule has 200 valence electrons. The fourth-order valence-electron chi connectivity index (χ4n) is 6.51. The van der Waals surface area contributed by atoms with E-state index in [1.807, 2.05) is 31.3 Å². The molecular formula is C33H32BrNO4. The quantitative estimate of drug-likeness (QED) is 0.309. The minimum atomic E-state index is -0.383. The maximum absolute atomic E-state index is 13.4. The number of hydrogen-bond acceptors (Lipinski definition) is 5. The summed E-state index contributed by atoms with van der Waals surface area (Å²) in [6.45, 7) is 2.48. The average molecular weight is 587 g/mol. The number of ketones is 2. The van der Waals surface area contributed by atoms with Crippen molar-refractivity contribution >= 4 is 38.3 Å². The number of Topliss-reactive ketones (excluding diaryl/α,β-unsaturated/α-hetero) is 2. The highest BCUT2D eigenvalue weighted by atomic mass is 79.9. The summed E-state index contributed by atoms with van der Waals surface area (Å²) in [5.74, 6) is 1.08. The van der Waals surface area contributed by atoms with E-state index in [0.29, 0.717) is 30.9 Å². The second kappa shape index (κ2) is 10.3. The summed E-state index contributed by atoms with van der Waals surface area (Å²) >= 11 is 3.75. The lowest BCUT2D eigenvalue weighted by Gasteiger charge is -2.42. The number of hydrogen-bond donors (Lipinski definition) is 0. The lowest BCUT2D eigenvalue weighted by molar-refractivity contribution is -0.117. The molecule has 0 N–H and O–H groups in total. The van der Waals surface area contributed by atoms with Crippen LogP contribution in [-0.4, -0.2) is 30.6 Å². The number of carbonyl (C=O) groups is 2. The summed E-state index contributed by atoms with van der Waals surface area (Å²) in [7, 11) is 3.64. The van der Waals surface area contributed by atoms with Crippen molar-refractivity contribution in [1.82, 2.24) is 4.90 Å². The Kier molecular flexibility index (Phi) is 6.84. The van der Waals surface area contributed by atoms with Crippen LogP contribution in [0.4, 0.5) is 0 Å². The molecule has 0 bridgehead atoms. The van der Waals surface area contributed by atoms with Crippen molar-refractivity contribution in [3.8, 4) is 11.5 Å². The molecule has 39 heavy (non-hydrogen) atoms. The lowest BCUT2D eigenvalue weighted by Crippen LogP contribution is -2.37. The van der Waals surface area contributed by atoms with Crippen LogP contribution in [-0.2, 0) is 16.2 Å². The highest BCUT2D eigenvalue weighted by Crippen LogP contribution is 2.50. The smallest absolute Gasteiger partial charge is 0.175 e. The second-order valence-corrected chi connectivity index (χ2v) is 11.5. The Morgan fingerprint density at radius 2 is 1.59 bits per heavy atom. The van der Waals surface area contributed by atoms with Crippen molar-refractivity contribution in [3.63, 3.8) is 0 Å². The third-order valence-electron chi connectivity index (χ3n) is 8.47. The summed E-state index contributed by atoms with van der Waals surface area (Å²) in [4.78, 5) is 28.8. The third kappa shape index (κ3) is 4.39. The lowest BCUT2D eigenvalue weighted by atomic mass is 9.71. The molecular weight excluding hydrogens is 554 g/mol. The minimum Gasteiger partial charge on any atom is -0.493 e. The molecule has 3 aromatic rings. The molecule has 0 amide bonds. The number of halogens is 1. The van der Waals surface area contributed by atoms with Gasteiger partial charge in [-0.05, 0) is 82.6 Å². The van der Waals surface area contributed by atoms with Gasteiger partial charge in [-0.1, -0.05) is 36.4 Å². The number of fused-ring (bicyclic) bond motifs is 1. The number of methoxy groups -OCH3 is 1. The van der Waals surface area contributed by atoms with Crippen LogP contribution in [0.15, 0.2) is 75.5 Å². The predicted molar refractivity (Wildman–Crippen MR) is 156 cm³/mol. The zero-order valence-electron chi connectivity index (χ0n) is 22.6. The van der Waals surface area contributed by atoms with E-state index in [1.54, 1.807) is 7.11 Å². The van der Waals surface area contributed by atoms with Gasteiger partial charge in [-0.2, -0.15) is 0 Å². The highest BCUT2D eigenvalue weighted by Gasteiger charge is 2.42. The van der Waals surface area contributed by atoms with Gasteiger partial charge in [0.05, 0.1) is 11.6 Å². The Morgan fingerprint density at radius 1 is 0.923 bits per heavy atom. The summed E-state index contributed by atoms with van der Waals surface area (Å²) < 4.78 is 13.0. The van der Waals surface area contributed by atoms with Crippen LogP contribution >= 0.6 is 15.9 Å². The molecule has 1 aliphatic heterocycles. The highest BCUT2D eigenvalue weighted by molar-refractivity contribution is 9.10. The van der Waals surface area contributed by atoms with Crippen molar-refractivity contribution in [2.75, 3.05) is 14.2 Å². The van der Waals surface area contributed by atoms with Crippen LogP contribution in [0, 0.1) is 6.92 Å². The van der Waals surface area contributed by atoms with Crippen molar-refractivity contribution < 1.29 is 19.1 Å². The Morgan fingerprint density at radius 3 is 2.26 bits per heavy atom. The molecule has 5 nitrogen and oxygen atoms in total. The van der Waals surface area contributed by atoms with Crippen molar-refractivity contribution in [1.29, 1.82) is 0 Å². The maximum atomic E-state index is 13.4. The molecule has 0 saturated carbocycles. The van der Waals surface area contributed by atoms with Crippen molar-refractivity contribution in [2.45, 2.75) is 58.0 Å². The van der Waals surface area contributed by atoms with E-state index >= 15 is 0 Å². The Hall–Kier alpha value is -3.38. The van der Waals surface area contributed by atoms with Gasteiger partial charge in [0.2, 0.25) is 0 Å². The summed E-state index contributed by atoms with van der Waals surface area (Å²) in [6, 6.07) is 16.5. The van der Waals surface area contributed by atoms with E-state index in [1.165, 1.54) is 10.8 Å². The van der Waals surface area contributed by atoms with Crippen LogP contribution in [0.5, 0.6) is 11.5 Å². The average Bonchev–Trinajstić information content (AvgIpc) is 2.94. The fraction of sp³-hybridized carbons (Fsp3) is 0.333. The molecule has 3 aliphatic rings. The molecule has 0 saturated heterocycles. The van der Waals surface area contributed by atoms with Gasteiger partial charge in [-0.3, -0.25) is 9.59 Å². The number of nitrogens with zero attached hydrogens (tertiary/aromatic N) is 1. The Labute approximate surface area is 237 Å². The number of rotatable bonds is 5. The van der Waals surface area contributed by atoms with Gasteiger partial charge < -0.3 is 14.4 Å². The van der Waals surface area contributed by atoms with E-state index in [0.717, 1.165) is 69.4 Å². The zero-order valence-corrected chi connectivity index (χ0v) is 24.2. The van der Waals surface area contributed by atoms with E-state index in [2.05, 4.69) is 52.0 Å². The summed E-state index contributed by atoms with van der Waals surface area (Å²) in [5.41, 5.74) is 6.84. The number of allylic oxidation sites excluding steroid dienone is 4. The van der Waals surface area contributed by atoms with E-state index in [9.17, 15) is 9.59 Å². The SMILES string of the molecule is COc1cc(C2C3=C(CCCC3=O)N(C)C3=C2C(=O)CCC3)cc(Br)c1OCc1c(C)ccc2ccccc12. The molecule has 0 atom stereocenters. The molecule has 0 aromatic heterocycles. The second-order valence-electron chi connectivity index (χ2n) is 10.7. The number of aryl methyl sites for hydroxylation is 1. The van der Waals surface area contributed by atoms with Crippen LogP contribution in [0.25, 0.3) is 10.8 Å². The normalized spacial score (nSPS) is 18.0. The van der Waals surface area contributed by atoms with Crippen LogP contribution in [0.2, 0.25) is 0 Å². The van der Waals surface area contributed by atoms with E-state index in [4.69, 9.17) is 9.47 Å². The Balaban J connectivity index is 1.42. The zero-order chi connectivity index (χ0) is 27.3. The first-order valence-corrected chi connectivity index (χ1v) is 14.4. The number of carbonyl (C=O) groups excluding carboxylic acids is 2. The first-order chi connectivity index (χ1) is 18.9. The van der Waals surface area contributed by atoms with Gasteiger partial charge in [-0.25, -0.2) is 0 Å². The maximum Gasteiger partial charge on any atom is 0.175 e. The van der Waals surface area contributed by atoms with Crippen LogP contribution in [0.3, 0.4) is 0 Å². The van der Waals surface area contributed by atoms with Gasteiger partial charge >= 0.3 is 0 Å². The summed E-state index contributed by atoms with van der Waals surface area (Å²) in [6.07, 6.45) is 4.43. The Bertz CT molecular complexity index is 1540. The van der Waals surface area contributed by atoms with Gasteiger partial charge in [-0.15, -0.1) is 0 Å². The molecule has 0 fully saturated rings. The minimum absolute atomic E-state index is 0.139. The molecule has 0 spiro atoms. The molecule has 3 aromatic carbocycles. The molecule has 1 heterocycles. The van der Waals surface area contributed by atoms with Crippen LogP contribution in [0.1, 0.15) is 61.1 Å².